The van der Waals surface area contributed by atoms with Crippen molar-refractivity contribution in [1.82, 2.24) is 4.90 Å². The van der Waals surface area contributed by atoms with Gasteiger partial charge in [0, 0.05) is 31.0 Å². The minimum Gasteiger partial charge on any atom is -0.493 e. The van der Waals surface area contributed by atoms with Crippen LogP contribution in [0.1, 0.15) is 35.6 Å². The molecule has 3 aromatic rings. The smallest absolute Gasteiger partial charge is 0.307 e. The average Bonchev–Trinajstić information content (AvgIpc) is 2.89. The summed E-state index contributed by atoms with van der Waals surface area (Å²) in [7, 11) is 0. The first kappa shape index (κ1) is 24.8. The van der Waals surface area contributed by atoms with Gasteiger partial charge < -0.3 is 19.5 Å². The molecule has 0 saturated heterocycles. The average molecular weight is 504 g/mol. The normalized spacial score (nSPS) is 16.4. The van der Waals surface area contributed by atoms with Gasteiger partial charge in [-0.3, -0.25) is 9.59 Å². The van der Waals surface area contributed by atoms with Crippen molar-refractivity contribution in [3.05, 3.63) is 82.7 Å². The summed E-state index contributed by atoms with van der Waals surface area (Å²) in [5.74, 6) is 0.381. The van der Waals surface area contributed by atoms with Crippen molar-refractivity contribution >= 4 is 11.9 Å². The molecule has 192 valence electrons. The molecule has 1 atom stereocenters. The maximum Gasteiger partial charge on any atom is 0.307 e. The molecule has 1 unspecified atom stereocenters. The van der Waals surface area contributed by atoms with E-state index in [4.69, 9.17) is 9.47 Å². The van der Waals surface area contributed by atoms with Crippen LogP contribution in [0, 0.1) is 11.7 Å². The van der Waals surface area contributed by atoms with Crippen molar-refractivity contribution in [2.24, 2.45) is 5.92 Å². The zero-order valence-electron chi connectivity index (χ0n) is 20.8. The molecule has 6 nitrogen and oxygen atoms in total. The molecule has 0 saturated carbocycles. The van der Waals surface area contributed by atoms with Crippen LogP contribution in [-0.4, -0.2) is 41.6 Å². The van der Waals surface area contributed by atoms with Crippen LogP contribution in [0.3, 0.4) is 0 Å². The lowest BCUT2D eigenvalue weighted by atomic mass is 9.89. The molecule has 2 heterocycles. The lowest BCUT2D eigenvalue weighted by Crippen LogP contribution is -2.38. The Bertz CT molecular complexity index is 1340. The molecule has 37 heavy (non-hydrogen) atoms. The van der Waals surface area contributed by atoms with Gasteiger partial charge in [-0.2, -0.15) is 0 Å². The minimum absolute atomic E-state index is 0.0377. The molecule has 1 N–H and O–H groups in total. The van der Waals surface area contributed by atoms with Crippen LogP contribution in [0.25, 0.3) is 11.1 Å². The molecule has 1 amide bonds. The van der Waals surface area contributed by atoms with Crippen LogP contribution in [0.4, 0.5) is 4.39 Å². The Balaban J connectivity index is 1.39. The first-order valence-electron chi connectivity index (χ1n) is 12.7. The van der Waals surface area contributed by atoms with E-state index in [0.29, 0.717) is 56.0 Å². The first-order chi connectivity index (χ1) is 17.9. The highest BCUT2D eigenvalue weighted by Crippen LogP contribution is 2.38. The van der Waals surface area contributed by atoms with E-state index < -0.39 is 5.97 Å². The Morgan fingerprint density at radius 3 is 2.73 bits per heavy atom. The number of benzene rings is 3. The third-order valence-corrected chi connectivity index (χ3v) is 7.12. The second-order valence-electron chi connectivity index (χ2n) is 9.64. The molecule has 5 rings (SSSR count). The number of halogens is 1. The number of rotatable bonds is 7. The van der Waals surface area contributed by atoms with E-state index >= 15 is 0 Å². The Morgan fingerprint density at radius 2 is 1.92 bits per heavy atom. The fraction of sp³-hybridized carbons (Fsp3) is 0.333. The van der Waals surface area contributed by atoms with Crippen molar-refractivity contribution in [3.63, 3.8) is 0 Å². The lowest BCUT2D eigenvalue weighted by molar-refractivity contribution is -0.136. The molecule has 2 aliphatic heterocycles. The van der Waals surface area contributed by atoms with Gasteiger partial charge in [-0.25, -0.2) is 4.39 Å². The SMILES string of the molecule is CCOc1cc(CC(=O)O)ccc1-c1ccc(F)c2c1CN(C(=O)CC1COc3ccccc3C1)CC2. The molecule has 0 radical (unpaired) electrons. The van der Waals surface area contributed by atoms with Crippen LogP contribution in [0.15, 0.2) is 54.6 Å². The van der Waals surface area contributed by atoms with E-state index in [0.717, 1.165) is 34.4 Å². The fourth-order valence-corrected chi connectivity index (χ4v) is 5.34. The zero-order chi connectivity index (χ0) is 25.9. The number of nitrogens with zero attached hydrogens (tertiary/aromatic N) is 1. The van der Waals surface area contributed by atoms with Crippen molar-refractivity contribution in [1.29, 1.82) is 0 Å². The molecular weight excluding hydrogens is 473 g/mol. The van der Waals surface area contributed by atoms with Gasteiger partial charge in [0.05, 0.1) is 19.6 Å². The summed E-state index contributed by atoms with van der Waals surface area (Å²) in [5.41, 5.74) is 4.71. The van der Waals surface area contributed by atoms with E-state index in [-0.39, 0.29) is 24.1 Å². The molecule has 0 aromatic heterocycles. The van der Waals surface area contributed by atoms with Crippen LogP contribution >= 0.6 is 0 Å². The first-order valence-corrected chi connectivity index (χ1v) is 12.7. The van der Waals surface area contributed by atoms with Gasteiger partial charge in [-0.15, -0.1) is 0 Å². The number of amides is 1. The maximum absolute atomic E-state index is 14.8. The molecule has 3 aromatic carbocycles. The van der Waals surface area contributed by atoms with Gasteiger partial charge in [0.15, 0.2) is 0 Å². The van der Waals surface area contributed by atoms with E-state index in [9.17, 15) is 19.1 Å². The van der Waals surface area contributed by atoms with Gasteiger partial charge >= 0.3 is 5.97 Å². The van der Waals surface area contributed by atoms with E-state index in [2.05, 4.69) is 0 Å². The summed E-state index contributed by atoms with van der Waals surface area (Å²) < 4.78 is 26.6. The van der Waals surface area contributed by atoms with Gasteiger partial charge in [-0.1, -0.05) is 36.4 Å². The summed E-state index contributed by atoms with van der Waals surface area (Å²) in [6.45, 7) is 3.55. The van der Waals surface area contributed by atoms with Crippen molar-refractivity contribution in [2.45, 2.75) is 39.2 Å². The number of carboxylic acid groups (broad SMARTS) is 1. The highest BCUT2D eigenvalue weighted by Gasteiger charge is 2.29. The third-order valence-electron chi connectivity index (χ3n) is 7.12. The molecule has 0 spiro atoms. The topological polar surface area (TPSA) is 76.1 Å². The summed E-state index contributed by atoms with van der Waals surface area (Å²) in [4.78, 5) is 26.3. The van der Waals surface area contributed by atoms with Crippen LogP contribution < -0.4 is 9.47 Å². The zero-order valence-corrected chi connectivity index (χ0v) is 20.8. The standard InChI is InChI=1S/C30H30FNO5/c1-2-36-28-14-19(16-30(34)35)7-8-24(28)22-9-10-26(31)23-11-12-32(17-25(22)23)29(33)15-20-13-21-5-3-4-6-27(21)37-18-20/h3-10,14,20H,2,11-13,15-18H2,1H3,(H,34,35). The fourth-order valence-electron chi connectivity index (χ4n) is 5.34. The van der Waals surface area contributed by atoms with Crippen molar-refractivity contribution in [3.8, 4) is 22.6 Å². The van der Waals surface area contributed by atoms with E-state index in [1.165, 1.54) is 6.07 Å². The van der Waals surface area contributed by atoms with Crippen LogP contribution in [-0.2, 0) is 35.4 Å². The largest absolute Gasteiger partial charge is 0.493 e. The number of carbonyl (C=O) groups is 2. The van der Waals surface area contributed by atoms with Crippen molar-refractivity contribution in [2.75, 3.05) is 19.8 Å². The summed E-state index contributed by atoms with van der Waals surface area (Å²) >= 11 is 0. The van der Waals surface area contributed by atoms with E-state index in [1.54, 1.807) is 18.2 Å². The molecule has 0 bridgehead atoms. The lowest BCUT2D eigenvalue weighted by Gasteiger charge is -2.33. The van der Waals surface area contributed by atoms with Crippen LogP contribution in [0.2, 0.25) is 0 Å². The molecule has 2 aliphatic rings. The number of aliphatic carboxylic acids is 1. The van der Waals surface area contributed by atoms with Gasteiger partial charge in [-0.05, 0) is 65.8 Å². The van der Waals surface area contributed by atoms with Crippen LogP contribution in [0.5, 0.6) is 11.5 Å². The van der Waals surface area contributed by atoms with Gasteiger partial charge in [0.1, 0.15) is 17.3 Å². The monoisotopic (exact) mass is 503 g/mol. The number of hydrogen-bond acceptors (Lipinski definition) is 4. The Kier molecular flexibility index (Phi) is 7.12. The number of para-hydroxylation sites is 1. The summed E-state index contributed by atoms with van der Waals surface area (Å²) in [6, 6.07) is 16.4. The van der Waals surface area contributed by atoms with E-state index in [1.807, 2.05) is 42.2 Å². The molecule has 7 heteroatoms. The highest BCUT2D eigenvalue weighted by atomic mass is 19.1. The number of carboxylic acids is 1. The predicted molar refractivity (Wildman–Crippen MR) is 137 cm³/mol. The predicted octanol–water partition coefficient (Wildman–Crippen LogP) is 5.04. The molecular formula is C30H30FNO5. The quantitative estimate of drug-likeness (QED) is 0.489. The molecule has 0 aliphatic carbocycles. The Morgan fingerprint density at radius 1 is 1.11 bits per heavy atom. The third kappa shape index (κ3) is 5.31. The van der Waals surface area contributed by atoms with Crippen molar-refractivity contribution < 1.29 is 28.6 Å². The second kappa shape index (κ2) is 10.6. The number of ether oxygens (including phenoxy) is 2. The Hall–Kier alpha value is -3.87. The summed E-state index contributed by atoms with van der Waals surface area (Å²) in [5, 5.41) is 9.18. The Labute approximate surface area is 215 Å². The number of hydrogen-bond donors (Lipinski definition) is 1. The van der Waals surface area contributed by atoms with Gasteiger partial charge in [0.25, 0.3) is 0 Å². The number of fused-ring (bicyclic) bond motifs is 2. The maximum atomic E-state index is 14.8. The minimum atomic E-state index is -0.921. The van der Waals surface area contributed by atoms with Gasteiger partial charge in [0.2, 0.25) is 5.91 Å². The summed E-state index contributed by atoms with van der Waals surface area (Å²) in [6.07, 6.45) is 1.50. The highest BCUT2D eigenvalue weighted by molar-refractivity contribution is 5.80. The second-order valence-corrected chi connectivity index (χ2v) is 9.64. The number of carbonyl (C=O) groups excluding carboxylic acids is 1. The molecule has 0 fully saturated rings.